The summed E-state index contributed by atoms with van der Waals surface area (Å²) in [4.78, 5) is 30.7. The van der Waals surface area contributed by atoms with Crippen LogP contribution in [0.1, 0.15) is 26.0 Å². The van der Waals surface area contributed by atoms with Crippen LogP contribution >= 0.6 is 0 Å². The summed E-state index contributed by atoms with van der Waals surface area (Å²) in [5, 5.41) is 2.97. The lowest BCUT2D eigenvalue weighted by molar-refractivity contribution is 0.255. The van der Waals surface area contributed by atoms with Crippen molar-refractivity contribution >= 4 is 23.2 Å². The van der Waals surface area contributed by atoms with E-state index in [9.17, 15) is 4.79 Å². The fourth-order valence-electron chi connectivity index (χ4n) is 3.78. The molecular formula is C23H26N6O. The molecule has 3 aromatic heterocycles. The van der Waals surface area contributed by atoms with Gasteiger partial charge in [-0.2, -0.15) is 0 Å². The van der Waals surface area contributed by atoms with Gasteiger partial charge in [0.15, 0.2) is 5.82 Å². The van der Waals surface area contributed by atoms with E-state index in [4.69, 9.17) is 4.98 Å². The van der Waals surface area contributed by atoms with Gasteiger partial charge in [0.05, 0.1) is 23.3 Å². The maximum absolute atomic E-state index is 13.3. The smallest absolute Gasteiger partial charge is 0.327 e. The van der Waals surface area contributed by atoms with E-state index in [1.54, 1.807) is 29.6 Å². The molecule has 0 aliphatic carbocycles. The molecule has 7 nitrogen and oxygen atoms in total. The third-order valence-corrected chi connectivity index (χ3v) is 5.39. The molecule has 2 amide bonds. The Morgan fingerprint density at radius 2 is 2.10 bits per heavy atom. The summed E-state index contributed by atoms with van der Waals surface area (Å²) in [6.45, 7) is 7.88. The van der Waals surface area contributed by atoms with Crippen LogP contribution in [0, 0.1) is 6.92 Å². The minimum absolute atomic E-state index is 0.00102. The maximum atomic E-state index is 13.3. The van der Waals surface area contributed by atoms with Gasteiger partial charge in [0.2, 0.25) is 0 Å². The Balaban J connectivity index is 1.78. The Morgan fingerprint density at radius 1 is 1.23 bits per heavy atom. The first kappa shape index (κ1) is 19.8. The molecule has 30 heavy (non-hydrogen) atoms. The number of anilines is 3. The standard InChI is InChI=1S/C23H26N6O/c1-4-28-13-10-17(3)29(23(30)26-19-6-5-11-24-15-19)22-21(28)8-7-20(27-22)18-9-12-25-16(2)14-18/h5-9,11-12,14-15,17H,4,10,13H2,1-3H3,(H,26,30)/t17-/m1/s1. The molecule has 0 saturated heterocycles. The average Bonchev–Trinajstić information content (AvgIpc) is 2.89. The van der Waals surface area contributed by atoms with Crippen LogP contribution in [0.3, 0.4) is 0 Å². The van der Waals surface area contributed by atoms with E-state index in [2.05, 4.69) is 40.1 Å². The quantitative estimate of drug-likeness (QED) is 0.698. The highest BCUT2D eigenvalue weighted by atomic mass is 16.2. The monoisotopic (exact) mass is 402 g/mol. The van der Waals surface area contributed by atoms with E-state index in [0.717, 1.165) is 42.1 Å². The van der Waals surface area contributed by atoms with Gasteiger partial charge in [0, 0.05) is 42.8 Å². The molecule has 4 heterocycles. The third-order valence-electron chi connectivity index (χ3n) is 5.39. The van der Waals surface area contributed by atoms with E-state index >= 15 is 0 Å². The Morgan fingerprint density at radius 3 is 2.83 bits per heavy atom. The molecule has 1 aliphatic heterocycles. The highest BCUT2D eigenvalue weighted by Crippen LogP contribution is 2.35. The minimum atomic E-state index is -0.203. The van der Waals surface area contributed by atoms with Gasteiger partial charge in [-0.1, -0.05) is 0 Å². The Kier molecular flexibility index (Phi) is 5.61. The number of pyridine rings is 3. The number of amides is 2. The highest BCUT2D eigenvalue weighted by molar-refractivity contribution is 6.03. The maximum Gasteiger partial charge on any atom is 0.327 e. The lowest BCUT2D eigenvalue weighted by Crippen LogP contribution is -2.42. The summed E-state index contributed by atoms with van der Waals surface area (Å²) in [6, 6.07) is 11.5. The molecule has 0 saturated carbocycles. The first-order chi connectivity index (χ1) is 14.6. The van der Waals surface area contributed by atoms with Gasteiger partial charge in [-0.15, -0.1) is 0 Å². The second-order valence-electron chi connectivity index (χ2n) is 7.48. The molecule has 1 N–H and O–H groups in total. The molecule has 1 aliphatic rings. The van der Waals surface area contributed by atoms with Gasteiger partial charge in [0.25, 0.3) is 0 Å². The van der Waals surface area contributed by atoms with Crippen LogP contribution in [0.2, 0.25) is 0 Å². The number of rotatable bonds is 3. The third kappa shape index (κ3) is 3.96. The number of aryl methyl sites for hydroxylation is 1. The van der Waals surface area contributed by atoms with Crippen molar-refractivity contribution in [3.63, 3.8) is 0 Å². The van der Waals surface area contributed by atoms with Gasteiger partial charge in [-0.3, -0.25) is 14.9 Å². The molecule has 3 aromatic rings. The first-order valence-electron chi connectivity index (χ1n) is 10.3. The second-order valence-corrected chi connectivity index (χ2v) is 7.48. The number of hydrogen-bond donors (Lipinski definition) is 1. The number of hydrogen-bond acceptors (Lipinski definition) is 5. The second kappa shape index (κ2) is 8.49. The molecule has 7 heteroatoms. The van der Waals surface area contributed by atoms with Gasteiger partial charge in [-0.05, 0) is 63.6 Å². The molecule has 154 valence electrons. The number of urea groups is 1. The Labute approximate surface area is 176 Å². The summed E-state index contributed by atoms with van der Waals surface area (Å²) in [5.74, 6) is 0.676. The lowest BCUT2D eigenvalue weighted by atomic mass is 10.1. The zero-order valence-electron chi connectivity index (χ0n) is 17.5. The summed E-state index contributed by atoms with van der Waals surface area (Å²) in [6.07, 6.45) is 5.96. The summed E-state index contributed by atoms with van der Waals surface area (Å²) < 4.78 is 0. The molecular weight excluding hydrogens is 376 g/mol. The van der Waals surface area contributed by atoms with Crippen LogP contribution in [0.15, 0.2) is 55.0 Å². The van der Waals surface area contributed by atoms with Crippen molar-refractivity contribution in [3.8, 4) is 11.3 Å². The molecule has 0 aromatic carbocycles. The van der Waals surface area contributed by atoms with Gasteiger partial charge in [-0.25, -0.2) is 9.78 Å². The number of fused-ring (bicyclic) bond motifs is 1. The predicted molar refractivity (Wildman–Crippen MR) is 120 cm³/mol. The van der Waals surface area contributed by atoms with Crippen LogP contribution in [-0.2, 0) is 0 Å². The lowest BCUT2D eigenvalue weighted by Gasteiger charge is -2.28. The van der Waals surface area contributed by atoms with E-state index in [1.165, 1.54) is 0 Å². The van der Waals surface area contributed by atoms with Crippen LogP contribution in [0.25, 0.3) is 11.3 Å². The molecule has 0 bridgehead atoms. The van der Waals surface area contributed by atoms with Crippen LogP contribution in [0.4, 0.5) is 22.0 Å². The molecule has 1 atom stereocenters. The summed E-state index contributed by atoms with van der Waals surface area (Å²) in [5.41, 5.74) is 4.37. The van der Waals surface area contributed by atoms with Crippen molar-refractivity contribution in [2.75, 3.05) is 28.2 Å². The van der Waals surface area contributed by atoms with E-state index in [1.807, 2.05) is 31.2 Å². The van der Waals surface area contributed by atoms with Crippen molar-refractivity contribution in [3.05, 3.63) is 60.7 Å². The SMILES string of the molecule is CCN1CC[C@@H](C)N(C(=O)Nc2cccnc2)c2nc(-c3ccnc(C)c3)ccc21. The number of aromatic nitrogens is 3. The van der Waals surface area contributed by atoms with Crippen molar-refractivity contribution < 1.29 is 4.79 Å². The van der Waals surface area contributed by atoms with Crippen molar-refractivity contribution in [1.82, 2.24) is 15.0 Å². The zero-order chi connectivity index (χ0) is 21.1. The van der Waals surface area contributed by atoms with Gasteiger partial charge >= 0.3 is 6.03 Å². The zero-order valence-corrected chi connectivity index (χ0v) is 17.5. The van der Waals surface area contributed by atoms with Crippen LogP contribution in [0.5, 0.6) is 0 Å². The largest absolute Gasteiger partial charge is 0.369 e. The molecule has 0 spiro atoms. The van der Waals surface area contributed by atoms with Gasteiger partial charge in [0.1, 0.15) is 0 Å². The summed E-state index contributed by atoms with van der Waals surface area (Å²) in [7, 11) is 0. The molecule has 0 fully saturated rings. The van der Waals surface area contributed by atoms with Gasteiger partial charge < -0.3 is 10.2 Å². The van der Waals surface area contributed by atoms with Crippen LogP contribution in [-0.4, -0.2) is 40.1 Å². The Bertz CT molecular complexity index is 1040. The highest BCUT2D eigenvalue weighted by Gasteiger charge is 2.31. The number of nitrogens with one attached hydrogen (secondary N) is 1. The number of nitrogens with zero attached hydrogens (tertiary/aromatic N) is 5. The summed E-state index contributed by atoms with van der Waals surface area (Å²) >= 11 is 0. The number of carbonyl (C=O) groups excluding carboxylic acids is 1. The Hall–Kier alpha value is -3.48. The molecule has 0 radical (unpaired) electrons. The minimum Gasteiger partial charge on any atom is -0.369 e. The van der Waals surface area contributed by atoms with E-state index < -0.39 is 0 Å². The normalized spacial score (nSPS) is 16.0. The van der Waals surface area contributed by atoms with Crippen LogP contribution < -0.4 is 15.1 Å². The topological polar surface area (TPSA) is 74.2 Å². The van der Waals surface area contributed by atoms with Crippen molar-refractivity contribution in [1.29, 1.82) is 0 Å². The predicted octanol–water partition coefficient (Wildman–Crippen LogP) is 4.50. The van der Waals surface area contributed by atoms with E-state index in [-0.39, 0.29) is 12.1 Å². The fraction of sp³-hybridized carbons (Fsp3) is 0.304. The molecule has 0 unspecified atom stereocenters. The fourth-order valence-corrected chi connectivity index (χ4v) is 3.78. The number of carbonyl (C=O) groups is 1. The first-order valence-corrected chi connectivity index (χ1v) is 10.3. The molecule has 4 rings (SSSR count). The van der Waals surface area contributed by atoms with E-state index in [0.29, 0.717) is 11.5 Å². The average molecular weight is 403 g/mol. The van der Waals surface area contributed by atoms with Crippen molar-refractivity contribution in [2.24, 2.45) is 0 Å². The van der Waals surface area contributed by atoms with Crippen molar-refractivity contribution in [2.45, 2.75) is 33.2 Å².